The molecule has 10 nitrogen and oxygen atoms in total. The van der Waals surface area contributed by atoms with Gasteiger partial charge in [0.15, 0.2) is 0 Å². The van der Waals surface area contributed by atoms with Crippen molar-refractivity contribution in [2.45, 2.75) is 106 Å². The lowest BCUT2D eigenvalue weighted by Gasteiger charge is -2.37. The molecule has 0 spiro atoms. The summed E-state index contributed by atoms with van der Waals surface area (Å²) in [4.78, 5) is 51.4. The number of piperidine rings is 2. The SMILES string of the molecule is CCOC(=O)[C@@H]1CCN(C(=O)OC(C)(C)C)C[C@H]1CC.CCOC(=O)[C@H]1CCN(C(=O)OC(C)(C)C)C[C@@H]1CC. The zero-order chi connectivity index (χ0) is 30.7. The van der Waals surface area contributed by atoms with E-state index in [4.69, 9.17) is 18.9 Å². The molecule has 4 atom stereocenters. The molecule has 10 heteroatoms. The number of carbonyl (C=O) groups excluding carboxylic acids is 4. The van der Waals surface area contributed by atoms with Crippen LogP contribution in [-0.2, 0) is 28.5 Å². The lowest BCUT2D eigenvalue weighted by molar-refractivity contribution is -0.153. The van der Waals surface area contributed by atoms with E-state index in [1.165, 1.54) is 0 Å². The van der Waals surface area contributed by atoms with Crippen LogP contribution in [0, 0.1) is 23.7 Å². The zero-order valence-electron chi connectivity index (χ0n) is 26.5. The van der Waals surface area contributed by atoms with E-state index in [-0.39, 0.29) is 47.8 Å². The van der Waals surface area contributed by atoms with Gasteiger partial charge in [-0.05, 0) is 80.1 Å². The Morgan fingerprint density at radius 2 is 0.950 bits per heavy atom. The highest BCUT2D eigenvalue weighted by Crippen LogP contribution is 2.29. The molecule has 2 heterocycles. The van der Waals surface area contributed by atoms with Gasteiger partial charge < -0.3 is 28.7 Å². The Morgan fingerprint density at radius 1 is 0.625 bits per heavy atom. The van der Waals surface area contributed by atoms with Crippen LogP contribution in [0.15, 0.2) is 0 Å². The summed E-state index contributed by atoms with van der Waals surface area (Å²) in [6.45, 7) is 21.9. The van der Waals surface area contributed by atoms with E-state index in [0.29, 0.717) is 52.2 Å². The van der Waals surface area contributed by atoms with Gasteiger partial charge in [0.25, 0.3) is 0 Å². The first-order chi connectivity index (χ1) is 18.6. The molecule has 232 valence electrons. The normalized spacial score (nSPS) is 23.4. The summed E-state index contributed by atoms with van der Waals surface area (Å²) in [6.07, 6.45) is 2.41. The fourth-order valence-corrected chi connectivity index (χ4v) is 5.00. The Balaban J connectivity index is 0.000000400. The summed E-state index contributed by atoms with van der Waals surface area (Å²) in [7, 11) is 0. The van der Waals surface area contributed by atoms with Crippen LogP contribution in [-0.4, -0.2) is 84.5 Å². The summed E-state index contributed by atoms with van der Waals surface area (Å²) in [5, 5.41) is 0. The topological polar surface area (TPSA) is 112 Å². The quantitative estimate of drug-likeness (QED) is 0.297. The van der Waals surface area contributed by atoms with Crippen LogP contribution in [0.1, 0.15) is 94.9 Å². The summed E-state index contributed by atoms with van der Waals surface area (Å²) in [5.41, 5.74) is -0.979. The molecule has 2 aliphatic rings. The van der Waals surface area contributed by atoms with Crippen molar-refractivity contribution < 1.29 is 38.1 Å². The smallest absolute Gasteiger partial charge is 0.410 e. The van der Waals surface area contributed by atoms with Crippen LogP contribution < -0.4 is 0 Å². The van der Waals surface area contributed by atoms with Crippen LogP contribution in [0.3, 0.4) is 0 Å². The van der Waals surface area contributed by atoms with Crippen molar-refractivity contribution in [3.63, 3.8) is 0 Å². The Labute approximate surface area is 241 Å². The van der Waals surface area contributed by atoms with Crippen LogP contribution in [0.4, 0.5) is 9.59 Å². The Morgan fingerprint density at radius 3 is 1.20 bits per heavy atom. The molecule has 0 aromatic carbocycles. The molecular formula is C30H54N2O8. The van der Waals surface area contributed by atoms with Gasteiger partial charge in [0, 0.05) is 26.2 Å². The molecular weight excluding hydrogens is 516 g/mol. The Bertz CT molecular complexity index is 765. The molecule has 0 N–H and O–H groups in total. The molecule has 0 unspecified atom stereocenters. The van der Waals surface area contributed by atoms with E-state index >= 15 is 0 Å². The molecule has 0 saturated carbocycles. The summed E-state index contributed by atoms with van der Waals surface area (Å²) < 4.78 is 21.0. The van der Waals surface area contributed by atoms with Crippen molar-refractivity contribution in [2.24, 2.45) is 23.7 Å². The largest absolute Gasteiger partial charge is 0.466 e. The van der Waals surface area contributed by atoms with Crippen LogP contribution in [0.2, 0.25) is 0 Å². The third-order valence-corrected chi connectivity index (χ3v) is 7.00. The number of ether oxygens (including phenoxy) is 4. The highest BCUT2D eigenvalue weighted by atomic mass is 16.6. The second-order valence-corrected chi connectivity index (χ2v) is 12.5. The van der Waals surface area contributed by atoms with Crippen molar-refractivity contribution in [3.8, 4) is 0 Å². The number of rotatable bonds is 6. The lowest BCUT2D eigenvalue weighted by atomic mass is 9.84. The van der Waals surface area contributed by atoms with E-state index in [1.807, 2.05) is 69.2 Å². The molecule has 2 rings (SSSR count). The van der Waals surface area contributed by atoms with Crippen molar-refractivity contribution in [2.75, 3.05) is 39.4 Å². The maximum Gasteiger partial charge on any atom is 0.410 e. The summed E-state index contributed by atoms with van der Waals surface area (Å²) in [5.74, 6) is -0.172. The number of carbonyl (C=O) groups is 4. The van der Waals surface area contributed by atoms with Crippen LogP contribution in [0.25, 0.3) is 0 Å². The van der Waals surface area contributed by atoms with Gasteiger partial charge in [-0.2, -0.15) is 0 Å². The molecule has 2 saturated heterocycles. The van der Waals surface area contributed by atoms with Gasteiger partial charge in [-0.3, -0.25) is 9.59 Å². The second kappa shape index (κ2) is 16.1. The Hall–Kier alpha value is -2.52. The summed E-state index contributed by atoms with van der Waals surface area (Å²) >= 11 is 0. The fourth-order valence-electron chi connectivity index (χ4n) is 5.00. The van der Waals surface area contributed by atoms with Crippen molar-refractivity contribution in [1.82, 2.24) is 9.80 Å². The molecule has 0 bridgehead atoms. The minimum Gasteiger partial charge on any atom is -0.466 e. The molecule has 40 heavy (non-hydrogen) atoms. The zero-order valence-corrected chi connectivity index (χ0v) is 26.5. The number of hydrogen-bond donors (Lipinski definition) is 0. The maximum absolute atomic E-state index is 12.1. The van der Waals surface area contributed by atoms with Crippen LogP contribution in [0.5, 0.6) is 0 Å². The van der Waals surface area contributed by atoms with Gasteiger partial charge in [0.1, 0.15) is 11.2 Å². The standard InChI is InChI=1S/2C15H27NO4/c2*1-6-11-10-16(14(18)20-15(3,4)5)9-8-12(11)13(17)19-7-2/h2*11-12H,6-10H2,1-5H3/t2*11-,12-/m10/s1. The predicted molar refractivity (Wildman–Crippen MR) is 153 cm³/mol. The van der Waals surface area contributed by atoms with Gasteiger partial charge in [-0.25, -0.2) is 9.59 Å². The van der Waals surface area contributed by atoms with E-state index in [9.17, 15) is 19.2 Å². The van der Waals surface area contributed by atoms with Crippen LogP contribution >= 0.6 is 0 Å². The molecule has 0 aromatic heterocycles. The number of likely N-dealkylation sites (tertiary alicyclic amines) is 2. The first kappa shape index (κ1) is 35.5. The minimum absolute atomic E-state index is 0.0985. The van der Waals surface area contributed by atoms with Crippen molar-refractivity contribution in [3.05, 3.63) is 0 Å². The van der Waals surface area contributed by atoms with Gasteiger partial charge in [0.05, 0.1) is 25.0 Å². The molecule has 0 aliphatic carbocycles. The number of nitrogens with zero attached hydrogens (tertiary/aromatic N) is 2. The number of amides is 2. The van der Waals surface area contributed by atoms with Gasteiger partial charge in [-0.1, -0.05) is 26.7 Å². The van der Waals surface area contributed by atoms with Crippen molar-refractivity contribution >= 4 is 24.1 Å². The maximum atomic E-state index is 12.1. The molecule has 2 fully saturated rings. The molecule has 2 amide bonds. The fraction of sp³-hybridized carbons (Fsp3) is 0.867. The third kappa shape index (κ3) is 11.9. The number of esters is 2. The third-order valence-electron chi connectivity index (χ3n) is 7.00. The lowest BCUT2D eigenvalue weighted by Crippen LogP contribution is -2.47. The van der Waals surface area contributed by atoms with E-state index in [2.05, 4.69) is 0 Å². The van der Waals surface area contributed by atoms with E-state index < -0.39 is 11.2 Å². The van der Waals surface area contributed by atoms with Crippen molar-refractivity contribution in [1.29, 1.82) is 0 Å². The van der Waals surface area contributed by atoms with Gasteiger partial charge >= 0.3 is 24.1 Å². The summed E-state index contributed by atoms with van der Waals surface area (Å²) in [6, 6.07) is 0. The average Bonchev–Trinajstić information content (AvgIpc) is 2.86. The average molecular weight is 571 g/mol. The molecule has 0 radical (unpaired) electrons. The van der Waals surface area contributed by atoms with Gasteiger partial charge in [0.2, 0.25) is 0 Å². The monoisotopic (exact) mass is 570 g/mol. The van der Waals surface area contributed by atoms with E-state index in [1.54, 1.807) is 9.80 Å². The molecule has 2 aliphatic heterocycles. The Kier molecular flexibility index (Phi) is 14.3. The minimum atomic E-state index is -0.489. The highest BCUT2D eigenvalue weighted by Gasteiger charge is 2.38. The first-order valence-electron chi connectivity index (χ1n) is 14.9. The first-order valence-corrected chi connectivity index (χ1v) is 14.9. The molecule has 0 aromatic rings. The van der Waals surface area contributed by atoms with Gasteiger partial charge in [-0.15, -0.1) is 0 Å². The predicted octanol–water partition coefficient (Wildman–Crippen LogP) is 5.67. The second-order valence-electron chi connectivity index (χ2n) is 12.5. The van der Waals surface area contributed by atoms with E-state index in [0.717, 1.165) is 12.8 Å². The highest BCUT2D eigenvalue weighted by molar-refractivity contribution is 5.75. The number of hydrogen-bond acceptors (Lipinski definition) is 8.